The van der Waals surface area contributed by atoms with Gasteiger partial charge in [0.15, 0.2) is 0 Å². The van der Waals surface area contributed by atoms with Crippen LogP contribution < -0.4 is 5.73 Å². The van der Waals surface area contributed by atoms with Crippen LogP contribution in [-0.4, -0.2) is 0 Å². The van der Waals surface area contributed by atoms with Crippen molar-refractivity contribution < 1.29 is 4.39 Å². The van der Waals surface area contributed by atoms with E-state index >= 15 is 0 Å². The van der Waals surface area contributed by atoms with Gasteiger partial charge in [0.25, 0.3) is 0 Å². The second kappa shape index (κ2) is 3.52. The lowest BCUT2D eigenvalue weighted by Crippen LogP contribution is -2.33. The molecule has 2 rings (SSSR count). The summed E-state index contributed by atoms with van der Waals surface area (Å²) in [5.74, 6) is -0.378. The highest BCUT2D eigenvalue weighted by atomic mass is 35.5. The first kappa shape index (κ1) is 9.94. The van der Waals surface area contributed by atoms with Crippen molar-refractivity contribution in [3.63, 3.8) is 0 Å². The van der Waals surface area contributed by atoms with Gasteiger partial charge in [-0.05, 0) is 30.5 Å². The van der Waals surface area contributed by atoms with Gasteiger partial charge in [-0.3, -0.25) is 0 Å². The van der Waals surface area contributed by atoms with Crippen molar-refractivity contribution in [2.45, 2.75) is 31.2 Å². The van der Waals surface area contributed by atoms with Crippen molar-refractivity contribution in [3.8, 4) is 0 Å². The molecular formula is C11H13ClFN. The highest BCUT2D eigenvalue weighted by Gasteiger charge is 2.31. The quantitative estimate of drug-likeness (QED) is 0.762. The molecule has 1 aromatic carbocycles. The molecule has 1 aliphatic rings. The summed E-state index contributed by atoms with van der Waals surface area (Å²) in [6.45, 7) is 0. The number of halogens is 2. The van der Waals surface area contributed by atoms with Gasteiger partial charge in [-0.1, -0.05) is 30.5 Å². The molecular weight excluding hydrogens is 201 g/mol. The largest absolute Gasteiger partial charge is 0.321 e. The van der Waals surface area contributed by atoms with E-state index < -0.39 is 0 Å². The van der Waals surface area contributed by atoms with Gasteiger partial charge < -0.3 is 5.73 Å². The van der Waals surface area contributed by atoms with E-state index in [-0.39, 0.29) is 16.4 Å². The van der Waals surface area contributed by atoms with Crippen LogP contribution in [0.25, 0.3) is 0 Å². The Morgan fingerprint density at radius 2 is 1.93 bits per heavy atom. The predicted octanol–water partition coefficient (Wildman–Crippen LogP) is 3.21. The Bertz CT molecular complexity index is 345. The summed E-state index contributed by atoms with van der Waals surface area (Å²) < 4.78 is 12.9. The van der Waals surface area contributed by atoms with Gasteiger partial charge >= 0.3 is 0 Å². The van der Waals surface area contributed by atoms with Gasteiger partial charge in [-0.15, -0.1) is 0 Å². The van der Waals surface area contributed by atoms with Crippen LogP contribution in [0.2, 0.25) is 5.02 Å². The summed E-state index contributed by atoms with van der Waals surface area (Å²) in [6, 6.07) is 4.79. The maximum absolute atomic E-state index is 12.9. The number of hydrogen-bond donors (Lipinski definition) is 1. The van der Waals surface area contributed by atoms with Crippen LogP contribution in [0.3, 0.4) is 0 Å². The molecule has 0 radical (unpaired) electrons. The summed E-state index contributed by atoms with van der Waals surface area (Å²) in [5.41, 5.74) is 6.90. The Balaban J connectivity index is 2.36. The molecule has 1 fully saturated rings. The number of rotatable bonds is 1. The average Bonchev–Trinajstić information content (AvgIpc) is 2.58. The Kier molecular flexibility index (Phi) is 2.50. The van der Waals surface area contributed by atoms with E-state index in [2.05, 4.69) is 0 Å². The maximum Gasteiger partial charge on any atom is 0.141 e. The van der Waals surface area contributed by atoms with Gasteiger partial charge in [0.05, 0.1) is 5.02 Å². The van der Waals surface area contributed by atoms with Crippen LogP contribution in [0.4, 0.5) is 4.39 Å². The Morgan fingerprint density at radius 1 is 1.29 bits per heavy atom. The monoisotopic (exact) mass is 213 g/mol. The highest BCUT2D eigenvalue weighted by molar-refractivity contribution is 6.30. The third-order valence-corrected chi connectivity index (χ3v) is 3.28. The lowest BCUT2D eigenvalue weighted by atomic mass is 9.89. The van der Waals surface area contributed by atoms with E-state index in [1.54, 1.807) is 12.1 Å². The second-order valence-electron chi connectivity index (χ2n) is 3.99. The van der Waals surface area contributed by atoms with Crippen LogP contribution in [0.5, 0.6) is 0 Å². The summed E-state index contributed by atoms with van der Waals surface area (Å²) in [5, 5.41) is 0.166. The first-order chi connectivity index (χ1) is 6.62. The van der Waals surface area contributed by atoms with E-state index in [1.807, 2.05) is 0 Å². The fraction of sp³-hybridized carbons (Fsp3) is 0.455. The molecule has 3 heteroatoms. The van der Waals surface area contributed by atoms with Crippen molar-refractivity contribution in [2.75, 3.05) is 0 Å². The van der Waals surface area contributed by atoms with E-state index in [1.165, 1.54) is 6.07 Å². The molecule has 14 heavy (non-hydrogen) atoms. The number of benzene rings is 1. The van der Waals surface area contributed by atoms with Crippen LogP contribution in [0.1, 0.15) is 31.2 Å². The predicted molar refractivity (Wildman–Crippen MR) is 55.7 cm³/mol. The fourth-order valence-corrected chi connectivity index (χ4v) is 2.28. The van der Waals surface area contributed by atoms with E-state index in [0.717, 1.165) is 31.2 Å². The topological polar surface area (TPSA) is 26.0 Å². The smallest absolute Gasteiger partial charge is 0.141 e. The molecule has 2 N–H and O–H groups in total. The van der Waals surface area contributed by atoms with Gasteiger partial charge in [-0.25, -0.2) is 4.39 Å². The van der Waals surface area contributed by atoms with Crippen molar-refractivity contribution in [3.05, 3.63) is 34.6 Å². The Hall–Kier alpha value is -0.600. The lowest BCUT2D eigenvalue weighted by Gasteiger charge is -2.24. The van der Waals surface area contributed by atoms with Crippen LogP contribution in [0, 0.1) is 5.82 Å². The average molecular weight is 214 g/mol. The van der Waals surface area contributed by atoms with Gasteiger partial charge in [0, 0.05) is 5.54 Å². The minimum absolute atomic E-state index is 0.166. The summed E-state index contributed by atoms with van der Waals surface area (Å²) in [6.07, 6.45) is 4.22. The highest BCUT2D eigenvalue weighted by Crippen LogP contribution is 2.37. The van der Waals surface area contributed by atoms with Gasteiger partial charge in [0.2, 0.25) is 0 Å². The van der Waals surface area contributed by atoms with Crippen molar-refractivity contribution in [2.24, 2.45) is 5.73 Å². The molecule has 0 heterocycles. The minimum Gasteiger partial charge on any atom is -0.321 e. The molecule has 0 spiro atoms. The first-order valence-electron chi connectivity index (χ1n) is 4.86. The molecule has 0 aromatic heterocycles. The molecule has 1 nitrogen and oxygen atoms in total. The third kappa shape index (κ3) is 1.64. The maximum atomic E-state index is 12.9. The molecule has 1 saturated carbocycles. The molecule has 0 aliphatic heterocycles. The molecule has 0 amide bonds. The Morgan fingerprint density at radius 3 is 2.50 bits per heavy atom. The van der Waals surface area contributed by atoms with Gasteiger partial charge in [0.1, 0.15) is 5.82 Å². The van der Waals surface area contributed by atoms with Crippen LogP contribution in [0.15, 0.2) is 18.2 Å². The van der Waals surface area contributed by atoms with E-state index in [9.17, 15) is 4.39 Å². The summed E-state index contributed by atoms with van der Waals surface area (Å²) in [4.78, 5) is 0. The van der Waals surface area contributed by atoms with Crippen molar-refractivity contribution in [1.29, 1.82) is 0 Å². The molecule has 0 unspecified atom stereocenters. The zero-order valence-corrected chi connectivity index (χ0v) is 8.65. The first-order valence-corrected chi connectivity index (χ1v) is 5.24. The molecule has 1 aromatic rings. The standard InChI is InChI=1S/C11H13ClFN/c12-9-7-8(3-4-10(9)13)11(14)5-1-2-6-11/h3-4,7H,1-2,5-6,14H2. The Labute approximate surface area is 88.1 Å². The summed E-state index contributed by atoms with van der Waals surface area (Å²) in [7, 11) is 0. The zero-order valence-electron chi connectivity index (χ0n) is 7.89. The van der Waals surface area contributed by atoms with Gasteiger partial charge in [-0.2, -0.15) is 0 Å². The molecule has 0 saturated heterocycles. The summed E-state index contributed by atoms with van der Waals surface area (Å²) >= 11 is 5.72. The normalized spacial score (nSPS) is 19.9. The molecule has 0 bridgehead atoms. The molecule has 1 aliphatic carbocycles. The number of nitrogens with two attached hydrogens (primary N) is 1. The lowest BCUT2D eigenvalue weighted by molar-refractivity contribution is 0.460. The van der Waals surface area contributed by atoms with Crippen LogP contribution in [-0.2, 0) is 5.54 Å². The van der Waals surface area contributed by atoms with Crippen LogP contribution >= 0.6 is 11.6 Å². The molecule has 76 valence electrons. The van der Waals surface area contributed by atoms with Crippen molar-refractivity contribution >= 4 is 11.6 Å². The minimum atomic E-state index is -0.378. The zero-order chi connectivity index (χ0) is 10.2. The molecule has 0 atom stereocenters. The fourth-order valence-electron chi connectivity index (χ4n) is 2.10. The van der Waals surface area contributed by atoms with Crippen molar-refractivity contribution in [1.82, 2.24) is 0 Å². The SMILES string of the molecule is NC1(c2ccc(F)c(Cl)c2)CCCC1. The van der Waals surface area contributed by atoms with E-state index in [0.29, 0.717) is 0 Å². The van der Waals surface area contributed by atoms with E-state index in [4.69, 9.17) is 17.3 Å². The number of hydrogen-bond acceptors (Lipinski definition) is 1. The third-order valence-electron chi connectivity index (χ3n) is 2.99. The second-order valence-corrected chi connectivity index (χ2v) is 4.40.